The molecule has 2 heterocycles. The van der Waals surface area contributed by atoms with E-state index in [-0.39, 0.29) is 30.6 Å². The van der Waals surface area contributed by atoms with Crippen molar-refractivity contribution in [1.29, 1.82) is 0 Å². The predicted molar refractivity (Wildman–Crippen MR) is 111 cm³/mol. The number of hydrogen-bond donors (Lipinski definition) is 1. The highest BCUT2D eigenvalue weighted by Crippen LogP contribution is 2.47. The molecule has 30 heavy (non-hydrogen) atoms. The molecule has 0 radical (unpaired) electrons. The van der Waals surface area contributed by atoms with E-state index < -0.39 is 6.04 Å². The summed E-state index contributed by atoms with van der Waals surface area (Å²) in [6, 6.07) is 14.4. The van der Waals surface area contributed by atoms with E-state index in [1.54, 1.807) is 18.9 Å². The number of fused-ring (bicyclic) bond motifs is 3. The predicted octanol–water partition coefficient (Wildman–Crippen LogP) is 3.75. The van der Waals surface area contributed by atoms with Crippen LogP contribution in [0.1, 0.15) is 30.5 Å². The first kappa shape index (κ1) is 20.1. The van der Waals surface area contributed by atoms with Gasteiger partial charge >= 0.3 is 12.1 Å². The van der Waals surface area contributed by atoms with Gasteiger partial charge in [-0.3, -0.25) is 0 Å². The summed E-state index contributed by atoms with van der Waals surface area (Å²) in [5, 5.41) is 3.31. The molecular formula is C23H26N2O5. The van der Waals surface area contributed by atoms with Crippen LogP contribution in [0.15, 0.2) is 48.5 Å². The molecule has 1 fully saturated rings. The fourth-order valence-corrected chi connectivity index (χ4v) is 4.36. The molecule has 0 aromatic heterocycles. The highest BCUT2D eigenvalue weighted by Gasteiger charge is 2.49. The number of esters is 1. The SMILES string of the molecule is CCOC(=O)[C@H]1Nc2ccc(OC)cc2[C@@H]2[C@H]1CCN2C(=O)OCc1ccccc1. The number of anilines is 1. The number of carbonyl (C=O) groups is 2. The molecule has 2 aliphatic heterocycles. The van der Waals surface area contributed by atoms with Crippen LogP contribution in [0, 0.1) is 5.92 Å². The van der Waals surface area contributed by atoms with Gasteiger partial charge in [-0.1, -0.05) is 30.3 Å². The summed E-state index contributed by atoms with van der Waals surface area (Å²) in [6.07, 6.45) is 0.294. The van der Waals surface area contributed by atoms with E-state index in [0.717, 1.165) is 16.8 Å². The minimum atomic E-state index is -0.511. The molecule has 2 aromatic carbocycles. The van der Waals surface area contributed by atoms with Gasteiger partial charge < -0.3 is 24.4 Å². The molecule has 1 amide bonds. The zero-order valence-electron chi connectivity index (χ0n) is 17.2. The van der Waals surface area contributed by atoms with E-state index >= 15 is 0 Å². The Kier molecular flexibility index (Phi) is 5.79. The highest BCUT2D eigenvalue weighted by molar-refractivity contribution is 5.83. The van der Waals surface area contributed by atoms with Crippen molar-refractivity contribution in [3.05, 3.63) is 59.7 Å². The molecule has 158 valence electrons. The number of methoxy groups -OCH3 is 1. The summed E-state index contributed by atoms with van der Waals surface area (Å²) in [5.74, 6) is 0.301. The Labute approximate surface area is 175 Å². The lowest BCUT2D eigenvalue weighted by atomic mass is 9.83. The lowest BCUT2D eigenvalue weighted by Gasteiger charge is -2.38. The minimum Gasteiger partial charge on any atom is -0.497 e. The summed E-state index contributed by atoms with van der Waals surface area (Å²) in [6.45, 7) is 2.82. The standard InChI is InChI=1S/C23H26N2O5/c1-3-29-22(26)20-17-11-12-25(23(27)30-14-15-7-5-4-6-8-15)21(17)18-13-16(28-2)9-10-19(18)24-20/h4-10,13,17,20-21,24H,3,11-12,14H2,1-2H3/t17-,20-,21-/m0/s1. The van der Waals surface area contributed by atoms with Crippen LogP contribution in [0.4, 0.5) is 10.5 Å². The quantitative estimate of drug-likeness (QED) is 0.757. The molecule has 2 aliphatic rings. The lowest BCUT2D eigenvalue weighted by molar-refractivity contribution is -0.145. The number of amides is 1. The van der Waals surface area contributed by atoms with Crippen LogP contribution < -0.4 is 10.1 Å². The number of rotatable bonds is 5. The number of nitrogens with one attached hydrogen (secondary N) is 1. The molecule has 1 saturated heterocycles. The lowest BCUT2D eigenvalue weighted by Crippen LogP contribution is -2.46. The smallest absolute Gasteiger partial charge is 0.410 e. The van der Waals surface area contributed by atoms with Gasteiger partial charge in [-0.05, 0) is 37.1 Å². The van der Waals surface area contributed by atoms with Crippen molar-refractivity contribution >= 4 is 17.7 Å². The van der Waals surface area contributed by atoms with E-state index in [9.17, 15) is 9.59 Å². The molecule has 0 aliphatic carbocycles. The first-order valence-electron chi connectivity index (χ1n) is 10.2. The fourth-order valence-electron chi connectivity index (χ4n) is 4.36. The summed E-state index contributed by atoms with van der Waals surface area (Å²) < 4.78 is 16.3. The average molecular weight is 410 g/mol. The Morgan fingerprint density at radius 2 is 1.93 bits per heavy atom. The second-order valence-electron chi connectivity index (χ2n) is 7.46. The molecule has 0 spiro atoms. The Hall–Kier alpha value is -3.22. The van der Waals surface area contributed by atoms with Crippen molar-refractivity contribution in [3.8, 4) is 5.75 Å². The number of benzene rings is 2. The largest absolute Gasteiger partial charge is 0.497 e. The van der Waals surface area contributed by atoms with Gasteiger partial charge in [0.05, 0.1) is 19.8 Å². The van der Waals surface area contributed by atoms with Crippen LogP contribution in [0.25, 0.3) is 0 Å². The topological polar surface area (TPSA) is 77.1 Å². The van der Waals surface area contributed by atoms with Crippen LogP contribution in [0.2, 0.25) is 0 Å². The molecule has 0 bridgehead atoms. The van der Waals surface area contributed by atoms with E-state index in [1.165, 1.54) is 0 Å². The Bertz CT molecular complexity index is 917. The maximum Gasteiger partial charge on any atom is 0.410 e. The normalized spacial score (nSPS) is 21.8. The second-order valence-corrected chi connectivity index (χ2v) is 7.46. The third-order valence-electron chi connectivity index (χ3n) is 5.74. The third-order valence-corrected chi connectivity index (χ3v) is 5.74. The minimum absolute atomic E-state index is 0.104. The molecular weight excluding hydrogens is 384 g/mol. The van der Waals surface area contributed by atoms with Crippen LogP contribution in [-0.2, 0) is 20.9 Å². The van der Waals surface area contributed by atoms with E-state index in [4.69, 9.17) is 14.2 Å². The van der Waals surface area contributed by atoms with Crippen molar-refractivity contribution < 1.29 is 23.8 Å². The zero-order chi connectivity index (χ0) is 21.1. The van der Waals surface area contributed by atoms with Gasteiger partial charge in [0.1, 0.15) is 18.4 Å². The maximum absolute atomic E-state index is 13.0. The van der Waals surface area contributed by atoms with Crippen molar-refractivity contribution in [1.82, 2.24) is 4.90 Å². The fraction of sp³-hybridized carbons (Fsp3) is 0.391. The molecule has 7 heteroatoms. The second kappa shape index (κ2) is 8.65. The van der Waals surface area contributed by atoms with Crippen LogP contribution >= 0.6 is 0 Å². The summed E-state index contributed by atoms with van der Waals surface area (Å²) in [5.41, 5.74) is 2.66. The van der Waals surface area contributed by atoms with Crippen molar-refractivity contribution in [2.75, 3.05) is 25.6 Å². The van der Waals surface area contributed by atoms with Crippen molar-refractivity contribution in [2.24, 2.45) is 5.92 Å². The number of hydrogen-bond acceptors (Lipinski definition) is 6. The Morgan fingerprint density at radius 1 is 1.13 bits per heavy atom. The van der Waals surface area contributed by atoms with Crippen LogP contribution in [0.5, 0.6) is 5.75 Å². The van der Waals surface area contributed by atoms with Gasteiger partial charge in [0, 0.05) is 23.7 Å². The van der Waals surface area contributed by atoms with Gasteiger partial charge in [0.15, 0.2) is 0 Å². The first-order chi connectivity index (χ1) is 14.6. The van der Waals surface area contributed by atoms with Gasteiger partial charge in [-0.2, -0.15) is 0 Å². The zero-order valence-corrected chi connectivity index (χ0v) is 17.2. The number of likely N-dealkylation sites (tertiary alicyclic amines) is 1. The first-order valence-corrected chi connectivity index (χ1v) is 10.2. The molecule has 3 atom stereocenters. The maximum atomic E-state index is 13.0. The Morgan fingerprint density at radius 3 is 2.67 bits per heavy atom. The van der Waals surface area contributed by atoms with Gasteiger partial charge in [-0.15, -0.1) is 0 Å². The number of nitrogens with zero attached hydrogens (tertiary/aromatic N) is 1. The van der Waals surface area contributed by atoms with Gasteiger partial charge in [0.2, 0.25) is 0 Å². The van der Waals surface area contributed by atoms with E-state index in [2.05, 4.69) is 5.32 Å². The monoisotopic (exact) mass is 410 g/mol. The molecule has 2 aromatic rings. The summed E-state index contributed by atoms with van der Waals surface area (Å²) in [4.78, 5) is 27.3. The van der Waals surface area contributed by atoms with Gasteiger partial charge in [0.25, 0.3) is 0 Å². The molecule has 0 saturated carbocycles. The molecule has 1 N–H and O–H groups in total. The van der Waals surface area contributed by atoms with E-state index in [0.29, 0.717) is 25.3 Å². The summed E-state index contributed by atoms with van der Waals surface area (Å²) >= 11 is 0. The molecule has 4 rings (SSSR count). The number of ether oxygens (including phenoxy) is 3. The average Bonchev–Trinajstić information content (AvgIpc) is 3.23. The third kappa shape index (κ3) is 3.79. The summed E-state index contributed by atoms with van der Waals surface area (Å²) in [7, 11) is 1.61. The highest BCUT2D eigenvalue weighted by atomic mass is 16.6. The van der Waals surface area contributed by atoms with Crippen molar-refractivity contribution in [3.63, 3.8) is 0 Å². The van der Waals surface area contributed by atoms with E-state index in [1.807, 2.05) is 48.5 Å². The van der Waals surface area contributed by atoms with Gasteiger partial charge in [-0.25, -0.2) is 9.59 Å². The van der Waals surface area contributed by atoms with Crippen LogP contribution in [0.3, 0.4) is 0 Å². The number of carbonyl (C=O) groups excluding carboxylic acids is 2. The van der Waals surface area contributed by atoms with Crippen molar-refractivity contribution in [2.45, 2.75) is 32.0 Å². The Balaban J connectivity index is 1.61. The molecule has 0 unspecified atom stereocenters. The molecule has 7 nitrogen and oxygen atoms in total. The van der Waals surface area contributed by atoms with Crippen LogP contribution in [-0.4, -0.2) is 43.3 Å².